The van der Waals surface area contributed by atoms with Crippen molar-refractivity contribution in [2.45, 2.75) is 6.54 Å². The van der Waals surface area contributed by atoms with Gasteiger partial charge in [-0.3, -0.25) is 9.10 Å². The van der Waals surface area contributed by atoms with Crippen LogP contribution < -0.4 is 9.62 Å². The molecule has 3 aromatic rings. The number of halogens is 1. The lowest BCUT2D eigenvalue weighted by atomic mass is 10.1. The topological polar surface area (TPSA) is 92.8 Å². The second-order valence-corrected chi connectivity index (χ2v) is 9.23. The van der Waals surface area contributed by atoms with E-state index in [2.05, 4.69) is 5.32 Å². The van der Waals surface area contributed by atoms with Crippen LogP contribution in [0.25, 0.3) is 0 Å². The van der Waals surface area contributed by atoms with Crippen LogP contribution in [0, 0.1) is 0 Å². The van der Waals surface area contributed by atoms with Crippen LogP contribution in [0.2, 0.25) is 5.02 Å². The fourth-order valence-electron chi connectivity index (χ4n) is 3.08. The van der Waals surface area contributed by atoms with E-state index in [4.69, 9.17) is 16.3 Å². The molecule has 0 fully saturated rings. The third-order valence-electron chi connectivity index (χ3n) is 4.62. The molecule has 1 amide bonds. The molecular weight excluding hydrogens is 452 g/mol. The van der Waals surface area contributed by atoms with Crippen LogP contribution in [0.3, 0.4) is 0 Å². The Bertz CT molecular complexity index is 1250. The highest BCUT2D eigenvalue weighted by Gasteiger charge is 2.24. The first-order valence-corrected chi connectivity index (χ1v) is 11.7. The first kappa shape index (κ1) is 23.3. The summed E-state index contributed by atoms with van der Waals surface area (Å²) in [6.07, 6.45) is 1.09. The van der Waals surface area contributed by atoms with Crippen LogP contribution in [0.15, 0.2) is 72.8 Å². The van der Waals surface area contributed by atoms with E-state index in [1.807, 2.05) is 30.3 Å². The summed E-state index contributed by atoms with van der Waals surface area (Å²) >= 11 is 6.03. The summed E-state index contributed by atoms with van der Waals surface area (Å²) in [7, 11) is -2.47. The number of nitrogens with zero attached hydrogens (tertiary/aromatic N) is 1. The van der Waals surface area contributed by atoms with Gasteiger partial charge < -0.3 is 10.1 Å². The van der Waals surface area contributed by atoms with E-state index < -0.39 is 21.9 Å². The van der Waals surface area contributed by atoms with Crippen LogP contribution >= 0.6 is 11.6 Å². The number of ether oxygens (including phenoxy) is 1. The quantitative estimate of drug-likeness (QED) is 0.516. The molecular formula is C23H21ClN2O5S. The Morgan fingerprint density at radius 3 is 2.28 bits per heavy atom. The molecule has 0 heterocycles. The molecule has 3 aromatic carbocycles. The molecule has 0 unspecified atom stereocenters. The summed E-state index contributed by atoms with van der Waals surface area (Å²) in [5.74, 6) is -1.18. The molecule has 0 aromatic heterocycles. The van der Waals surface area contributed by atoms with Crippen molar-refractivity contribution in [3.05, 3.63) is 94.5 Å². The first-order valence-electron chi connectivity index (χ1n) is 9.50. The number of hydrogen-bond donors (Lipinski definition) is 1. The number of benzene rings is 3. The third kappa shape index (κ3) is 5.46. The molecule has 0 bridgehead atoms. The van der Waals surface area contributed by atoms with Crippen molar-refractivity contribution < 1.29 is 22.7 Å². The SMILES string of the molecule is COC(=O)c1cc(NC(=O)c2ccccc2N(Cc2ccccc2)S(C)(=O)=O)ccc1Cl. The minimum absolute atomic E-state index is 0.0669. The second kappa shape index (κ2) is 9.84. The predicted octanol–water partition coefficient (Wildman–Crippen LogP) is 4.35. The van der Waals surface area contributed by atoms with Crippen molar-refractivity contribution in [2.24, 2.45) is 0 Å². The highest BCUT2D eigenvalue weighted by atomic mass is 35.5. The van der Waals surface area contributed by atoms with Crippen molar-refractivity contribution in [1.29, 1.82) is 0 Å². The van der Waals surface area contributed by atoms with Crippen molar-refractivity contribution in [2.75, 3.05) is 23.0 Å². The number of esters is 1. The van der Waals surface area contributed by atoms with E-state index >= 15 is 0 Å². The molecule has 166 valence electrons. The van der Waals surface area contributed by atoms with Gasteiger partial charge in [-0.1, -0.05) is 54.1 Å². The zero-order chi connectivity index (χ0) is 23.3. The molecule has 0 saturated carbocycles. The Morgan fingerprint density at radius 1 is 0.969 bits per heavy atom. The van der Waals surface area contributed by atoms with Gasteiger partial charge in [-0.2, -0.15) is 0 Å². The molecule has 1 N–H and O–H groups in total. The number of methoxy groups -OCH3 is 1. The fourth-order valence-corrected chi connectivity index (χ4v) is 4.18. The molecule has 0 saturated heterocycles. The van der Waals surface area contributed by atoms with Gasteiger partial charge in [0.25, 0.3) is 5.91 Å². The highest BCUT2D eigenvalue weighted by molar-refractivity contribution is 7.92. The van der Waals surface area contributed by atoms with Crippen LogP contribution in [0.1, 0.15) is 26.3 Å². The fraction of sp³-hybridized carbons (Fsp3) is 0.130. The van der Waals surface area contributed by atoms with Crippen molar-refractivity contribution >= 4 is 44.9 Å². The van der Waals surface area contributed by atoms with E-state index in [-0.39, 0.29) is 28.4 Å². The zero-order valence-corrected chi connectivity index (χ0v) is 19.0. The minimum atomic E-state index is -3.70. The Balaban J connectivity index is 1.96. The normalized spacial score (nSPS) is 11.0. The zero-order valence-electron chi connectivity index (χ0n) is 17.4. The minimum Gasteiger partial charge on any atom is -0.465 e. The first-order chi connectivity index (χ1) is 15.2. The van der Waals surface area contributed by atoms with Crippen LogP contribution in [0.5, 0.6) is 0 Å². The summed E-state index contributed by atoms with van der Waals surface area (Å²) in [5, 5.41) is 2.87. The van der Waals surface area contributed by atoms with Gasteiger partial charge in [0.05, 0.1) is 41.7 Å². The Hall–Kier alpha value is -3.36. The van der Waals surface area contributed by atoms with Gasteiger partial charge in [0.15, 0.2) is 0 Å². The maximum atomic E-state index is 13.1. The Labute approximate surface area is 191 Å². The van der Waals surface area contributed by atoms with Crippen LogP contribution in [0.4, 0.5) is 11.4 Å². The van der Waals surface area contributed by atoms with E-state index in [1.165, 1.54) is 35.7 Å². The summed E-state index contributed by atoms with van der Waals surface area (Å²) in [6, 6.07) is 19.9. The number of anilines is 2. The lowest BCUT2D eigenvalue weighted by Gasteiger charge is -2.25. The van der Waals surface area contributed by atoms with Crippen molar-refractivity contribution in [3.63, 3.8) is 0 Å². The molecule has 0 radical (unpaired) electrons. The van der Waals surface area contributed by atoms with Gasteiger partial charge in [-0.05, 0) is 35.9 Å². The van der Waals surface area contributed by atoms with E-state index in [0.717, 1.165) is 11.8 Å². The standard InChI is InChI=1S/C23H21ClN2O5S/c1-31-23(28)19-14-17(12-13-20(19)24)25-22(27)18-10-6-7-11-21(18)26(32(2,29)30)15-16-8-4-3-5-9-16/h3-14H,15H2,1-2H3,(H,25,27). The molecule has 0 aliphatic carbocycles. The molecule has 0 aliphatic heterocycles. The molecule has 3 rings (SSSR count). The lowest BCUT2D eigenvalue weighted by Crippen LogP contribution is -2.31. The van der Waals surface area contributed by atoms with Crippen molar-refractivity contribution in [1.82, 2.24) is 0 Å². The number of para-hydroxylation sites is 1. The van der Waals surface area contributed by atoms with E-state index in [0.29, 0.717) is 5.69 Å². The van der Waals surface area contributed by atoms with Gasteiger partial charge in [-0.25, -0.2) is 13.2 Å². The monoisotopic (exact) mass is 472 g/mol. The Kier molecular flexibility index (Phi) is 7.17. The number of nitrogens with one attached hydrogen (secondary N) is 1. The smallest absolute Gasteiger partial charge is 0.339 e. The molecule has 0 atom stereocenters. The molecule has 9 heteroatoms. The summed E-state index contributed by atoms with van der Waals surface area (Å²) in [5.41, 5.74) is 1.57. The van der Waals surface area contributed by atoms with Gasteiger partial charge in [-0.15, -0.1) is 0 Å². The number of amides is 1. The summed E-state index contributed by atoms with van der Waals surface area (Å²) in [4.78, 5) is 24.9. The average Bonchev–Trinajstić information content (AvgIpc) is 2.78. The lowest BCUT2D eigenvalue weighted by molar-refractivity contribution is 0.0600. The molecule has 0 aliphatic rings. The number of carbonyl (C=O) groups is 2. The third-order valence-corrected chi connectivity index (χ3v) is 6.07. The summed E-state index contributed by atoms with van der Waals surface area (Å²) < 4.78 is 31.1. The molecule has 7 nitrogen and oxygen atoms in total. The van der Waals surface area contributed by atoms with Crippen LogP contribution in [-0.4, -0.2) is 33.7 Å². The largest absolute Gasteiger partial charge is 0.465 e. The van der Waals surface area contributed by atoms with Crippen LogP contribution in [-0.2, 0) is 21.3 Å². The van der Waals surface area contributed by atoms with Crippen molar-refractivity contribution in [3.8, 4) is 0 Å². The number of sulfonamides is 1. The average molecular weight is 473 g/mol. The summed E-state index contributed by atoms with van der Waals surface area (Å²) in [6.45, 7) is 0.0669. The van der Waals surface area contributed by atoms with E-state index in [1.54, 1.807) is 18.2 Å². The van der Waals surface area contributed by atoms with Gasteiger partial charge >= 0.3 is 5.97 Å². The predicted molar refractivity (Wildman–Crippen MR) is 125 cm³/mol. The highest BCUT2D eigenvalue weighted by Crippen LogP contribution is 2.27. The molecule has 0 spiro atoms. The number of rotatable bonds is 7. The number of hydrogen-bond acceptors (Lipinski definition) is 5. The second-order valence-electron chi connectivity index (χ2n) is 6.91. The number of carbonyl (C=O) groups excluding carboxylic acids is 2. The Morgan fingerprint density at radius 2 is 1.62 bits per heavy atom. The van der Waals surface area contributed by atoms with Gasteiger partial charge in [0, 0.05) is 5.69 Å². The van der Waals surface area contributed by atoms with Gasteiger partial charge in [0.2, 0.25) is 10.0 Å². The maximum absolute atomic E-state index is 13.1. The molecule has 32 heavy (non-hydrogen) atoms. The van der Waals surface area contributed by atoms with Gasteiger partial charge in [0.1, 0.15) is 0 Å². The maximum Gasteiger partial charge on any atom is 0.339 e. The van der Waals surface area contributed by atoms with E-state index in [9.17, 15) is 18.0 Å².